The summed E-state index contributed by atoms with van der Waals surface area (Å²) < 4.78 is 1.83. The van der Waals surface area contributed by atoms with Gasteiger partial charge >= 0.3 is 0 Å². The molecular weight excluding hydrogens is 172 g/mol. The second-order valence-electron chi connectivity index (χ2n) is 2.29. The third-order valence-corrected chi connectivity index (χ3v) is 1.75. The van der Waals surface area contributed by atoms with E-state index in [4.69, 9.17) is 12.2 Å². The number of aryl methyl sites for hydroxylation is 1. The van der Waals surface area contributed by atoms with Crippen molar-refractivity contribution in [1.29, 1.82) is 0 Å². The third kappa shape index (κ3) is 2.20. The minimum absolute atomic E-state index is 0.602. The average Bonchev–Trinajstić information content (AvgIpc) is 2.52. The molecule has 0 spiro atoms. The van der Waals surface area contributed by atoms with Crippen molar-refractivity contribution in [3.05, 3.63) is 12.4 Å². The van der Waals surface area contributed by atoms with Crippen molar-refractivity contribution in [3.63, 3.8) is 0 Å². The molecule has 1 aromatic rings. The van der Waals surface area contributed by atoms with E-state index >= 15 is 0 Å². The van der Waals surface area contributed by atoms with Crippen molar-refractivity contribution in [3.8, 4) is 0 Å². The first-order valence-electron chi connectivity index (χ1n) is 3.77. The molecular formula is C7H12N4S. The van der Waals surface area contributed by atoms with Gasteiger partial charge in [-0.1, -0.05) is 0 Å². The lowest BCUT2D eigenvalue weighted by molar-refractivity contribution is 0.660. The molecule has 0 bridgehead atoms. The largest absolute Gasteiger partial charge is 0.366 e. The Morgan fingerprint density at radius 3 is 3.00 bits per heavy atom. The average molecular weight is 184 g/mol. The number of nitrogens with zero attached hydrogens (tertiary/aromatic N) is 2. The van der Waals surface area contributed by atoms with Gasteiger partial charge in [0.25, 0.3) is 0 Å². The van der Waals surface area contributed by atoms with E-state index in [2.05, 4.69) is 15.7 Å². The van der Waals surface area contributed by atoms with Crippen LogP contribution in [0.25, 0.3) is 0 Å². The van der Waals surface area contributed by atoms with Crippen LogP contribution in [-0.2, 0) is 6.54 Å². The number of anilines is 1. The van der Waals surface area contributed by atoms with Crippen LogP contribution in [0.3, 0.4) is 0 Å². The maximum absolute atomic E-state index is 4.92. The molecule has 0 aliphatic carbocycles. The van der Waals surface area contributed by atoms with E-state index in [1.165, 1.54) is 0 Å². The first-order valence-corrected chi connectivity index (χ1v) is 4.18. The molecule has 2 N–H and O–H groups in total. The second-order valence-corrected chi connectivity index (χ2v) is 2.70. The molecule has 0 unspecified atom stereocenters. The molecule has 1 rings (SSSR count). The first-order chi connectivity index (χ1) is 5.76. The zero-order chi connectivity index (χ0) is 8.97. The van der Waals surface area contributed by atoms with Gasteiger partial charge in [0.2, 0.25) is 0 Å². The number of thiocarbonyl (C=S) groups is 1. The first kappa shape index (κ1) is 8.99. The van der Waals surface area contributed by atoms with Crippen LogP contribution < -0.4 is 10.6 Å². The fraction of sp³-hybridized carbons (Fsp3) is 0.429. The van der Waals surface area contributed by atoms with Gasteiger partial charge in [0.05, 0.1) is 11.9 Å². The summed E-state index contributed by atoms with van der Waals surface area (Å²) in [6.07, 6.45) is 3.65. The van der Waals surface area contributed by atoms with Crippen LogP contribution in [0, 0.1) is 0 Å². The van der Waals surface area contributed by atoms with E-state index in [0.29, 0.717) is 5.11 Å². The number of hydrogen-bond donors (Lipinski definition) is 2. The summed E-state index contributed by atoms with van der Waals surface area (Å²) in [5.74, 6) is 0. The Balaban J connectivity index is 2.58. The smallest absolute Gasteiger partial charge is 0.170 e. The van der Waals surface area contributed by atoms with Crippen molar-refractivity contribution >= 4 is 23.0 Å². The molecule has 0 fully saturated rings. The number of nitrogens with one attached hydrogen (secondary N) is 2. The maximum Gasteiger partial charge on any atom is 0.170 e. The van der Waals surface area contributed by atoms with Crippen LogP contribution in [0.15, 0.2) is 12.4 Å². The van der Waals surface area contributed by atoms with Gasteiger partial charge in [-0.05, 0) is 19.1 Å². The molecule has 0 amide bonds. The highest BCUT2D eigenvalue weighted by Gasteiger charge is 1.97. The minimum atomic E-state index is 0.602. The monoisotopic (exact) mass is 184 g/mol. The standard InChI is InChI=1S/C7H12N4S/c1-3-11-5-6(4-9-11)10-7(12)8-2/h4-5H,3H2,1-2H3,(H2,8,10,12). The second kappa shape index (κ2) is 4.06. The number of rotatable bonds is 2. The van der Waals surface area contributed by atoms with Crippen LogP contribution in [-0.4, -0.2) is 21.9 Å². The normalized spacial score (nSPS) is 9.50. The topological polar surface area (TPSA) is 41.9 Å². The molecule has 1 aromatic heterocycles. The highest BCUT2D eigenvalue weighted by atomic mass is 32.1. The van der Waals surface area contributed by atoms with E-state index in [9.17, 15) is 0 Å². The van der Waals surface area contributed by atoms with Gasteiger partial charge in [0.1, 0.15) is 0 Å². The summed E-state index contributed by atoms with van der Waals surface area (Å²) >= 11 is 4.92. The summed E-state index contributed by atoms with van der Waals surface area (Å²) in [5, 5.41) is 10.5. The Labute approximate surface area is 77.0 Å². The van der Waals surface area contributed by atoms with E-state index in [1.807, 2.05) is 17.8 Å². The highest BCUT2D eigenvalue weighted by molar-refractivity contribution is 7.80. The Morgan fingerprint density at radius 2 is 2.50 bits per heavy atom. The molecule has 0 radical (unpaired) electrons. The number of hydrogen-bond acceptors (Lipinski definition) is 2. The van der Waals surface area contributed by atoms with Crippen molar-refractivity contribution in [2.24, 2.45) is 0 Å². The Morgan fingerprint density at radius 1 is 1.75 bits per heavy atom. The van der Waals surface area contributed by atoms with Gasteiger partial charge in [-0.15, -0.1) is 0 Å². The summed E-state index contributed by atoms with van der Waals surface area (Å²) in [6.45, 7) is 2.90. The van der Waals surface area contributed by atoms with Crippen LogP contribution in [0.2, 0.25) is 0 Å². The van der Waals surface area contributed by atoms with Crippen LogP contribution in [0.1, 0.15) is 6.92 Å². The molecule has 5 heteroatoms. The Hall–Kier alpha value is -1.10. The van der Waals surface area contributed by atoms with Gasteiger partial charge in [0.15, 0.2) is 5.11 Å². The molecule has 0 atom stereocenters. The molecule has 12 heavy (non-hydrogen) atoms. The SMILES string of the molecule is CCn1cc(NC(=S)NC)cn1. The Kier molecular flexibility index (Phi) is 3.04. The van der Waals surface area contributed by atoms with Gasteiger partial charge in [-0.3, -0.25) is 4.68 Å². The van der Waals surface area contributed by atoms with Gasteiger partial charge in [0, 0.05) is 19.8 Å². The van der Waals surface area contributed by atoms with Crippen LogP contribution in [0.4, 0.5) is 5.69 Å². The van der Waals surface area contributed by atoms with Crippen LogP contribution >= 0.6 is 12.2 Å². The molecule has 0 aromatic carbocycles. The maximum atomic E-state index is 4.92. The molecule has 66 valence electrons. The van der Waals surface area contributed by atoms with E-state index < -0.39 is 0 Å². The summed E-state index contributed by atoms with van der Waals surface area (Å²) in [6, 6.07) is 0. The molecule has 0 aliphatic rings. The predicted molar refractivity (Wildman–Crippen MR) is 53.2 cm³/mol. The van der Waals surface area contributed by atoms with E-state index in [-0.39, 0.29) is 0 Å². The third-order valence-electron chi connectivity index (χ3n) is 1.44. The van der Waals surface area contributed by atoms with Crippen molar-refractivity contribution in [1.82, 2.24) is 15.1 Å². The lowest BCUT2D eigenvalue weighted by Gasteiger charge is -2.02. The van der Waals surface area contributed by atoms with Crippen molar-refractivity contribution < 1.29 is 0 Å². The fourth-order valence-corrected chi connectivity index (χ4v) is 0.913. The number of aromatic nitrogens is 2. The van der Waals surface area contributed by atoms with E-state index in [0.717, 1.165) is 12.2 Å². The zero-order valence-electron chi connectivity index (χ0n) is 7.16. The zero-order valence-corrected chi connectivity index (χ0v) is 7.98. The summed E-state index contributed by atoms with van der Waals surface area (Å²) in [4.78, 5) is 0. The molecule has 0 saturated carbocycles. The quantitative estimate of drug-likeness (QED) is 0.668. The lowest BCUT2D eigenvalue weighted by atomic mass is 10.6. The molecule has 1 heterocycles. The Bertz CT molecular complexity index is 268. The van der Waals surface area contributed by atoms with E-state index in [1.54, 1.807) is 13.2 Å². The van der Waals surface area contributed by atoms with Crippen molar-refractivity contribution in [2.45, 2.75) is 13.5 Å². The minimum Gasteiger partial charge on any atom is -0.366 e. The molecule has 4 nitrogen and oxygen atoms in total. The van der Waals surface area contributed by atoms with Gasteiger partial charge in [-0.2, -0.15) is 5.10 Å². The highest BCUT2D eigenvalue weighted by Crippen LogP contribution is 2.03. The molecule has 0 saturated heterocycles. The van der Waals surface area contributed by atoms with Crippen LogP contribution in [0.5, 0.6) is 0 Å². The summed E-state index contributed by atoms with van der Waals surface area (Å²) in [7, 11) is 1.78. The predicted octanol–water partition coefficient (Wildman–Crippen LogP) is 0.819. The molecule has 0 aliphatic heterocycles. The van der Waals surface area contributed by atoms with Gasteiger partial charge in [-0.25, -0.2) is 0 Å². The van der Waals surface area contributed by atoms with Gasteiger partial charge < -0.3 is 10.6 Å². The summed E-state index contributed by atoms with van der Waals surface area (Å²) in [5.41, 5.74) is 0.913. The van der Waals surface area contributed by atoms with Crippen molar-refractivity contribution in [2.75, 3.05) is 12.4 Å². The lowest BCUT2D eigenvalue weighted by Crippen LogP contribution is -2.23. The fourth-order valence-electron chi connectivity index (χ4n) is 0.795.